The first-order chi connectivity index (χ1) is 12.3. The van der Waals surface area contributed by atoms with Crippen LogP contribution in [0.4, 0.5) is 10.1 Å². The first kappa shape index (κ1) is 18.3. The second kappa shape index (κ2) is 7.04. The summed E-state index contributed by atoms with van der Waals surface area (Å²) in [6.45, 7) is 2.27. The van der Waals surface area contributed by atoms with Crippen LogP contribution < -0.4 is 4.74 Å². The second-order valence-corrected chi connectivity index (χ2v) is 7.63. The van der Waals surface area contributed by atoms with Gasteiger partial charge in [-0.25, -0.2) is 4.39 Å². The molecule has 2 N–H and O–H groups in total. The molecule has 1 heterocycles. The van der Waals surface area contributed by atoms with E-state index in [1.54, 1.807) is 0 Å². The summed E-state index contributed by atoms with van der Waals surface area (Å²) in [6.07, 6.45) is 0. The van der Waals surface area contributed by atoms with E-state index < -0.39 is 21.7 Å². The van der Waals surface area contributed by atoms with Gasteiger partial charge in [-0.1, -0.05) is 4.52 Å². The number of hydrogen-bond acceptors (Lipinski definition) is 5. The molecular weight excluding hydrogens is 429 g/mol. The Morgan fingerprint density at radius 2 is 1.96 bits per heavy atom. The molecule has 10 heteroatoms. The highest BCUT2D eigenvalue weighted by molar-refractivity contribution is 9.10. The van der Waals surface area contributed by atoms with E-state index in [1.807, 2.05) is 6.92 Å². The van der Waals surface area contributed by atoms with Gasteiger partial charge in [0.15, 0.2) is 5.69 Å². The van der Waals surface area contributed by atoms with Gasteiger partial charge in [-0.05, 0) is 59.3 Å². The molecule has 1 aromatic heterocycles. The minimum atomic E-state index is -4.10. The Morgan fingerprint density at radius 1 is 1.27 bits per heavy atom. The molecule has 0 atom stereocenters. The van der Waals surface area contributed by atoms with Crippen LogP contribution in [-0.2, 0) is 10.0 Å². The fourth-order valence-corrected chi connectivity index (χ4v) is 3.60. The number of aromatic amines is 1. The lowest BCUT2D eigenvalue weighted by atomic mass is 10.2. The molecule has 0 spiro atoms. The van der Waals surface area contributed by atoms with Crippen LogP contribution in [0.5, 0.6) is 11.6 Å². The maximum absolute atomic E-state index is 13.6. The van der Waals surface area contributed by atoms with E-state index in [0.29, 0.717) is 22.3 Å². The number of H-pyrrole nitrogens is 1. The molecule has 0 aliphatic carbocycles. The summed E-state index contributed by atoms with van der Waals surface area (Å²) in [4.78, 5) is 2.51. The predicted molar refractivity (Wildman–Crippen MR) is 96.9 cm³/mol. The lowest BCUT2D eigenvalue weighted by Gasteiger charge is -2.03. The number of sulfonamides is 1. The summed E-state index contributed by atoms with van der Waals surface area (Å²) in [5, 5.41) is 13.8. The van der Waals surface area contributed by atoms with E-state index in [9.17, 15) is 17.9 Å². The largest absolute Gasteiger partial charge is 0.494 e. The fraction of sp³-hybridized carbons (Fsp3) is 0.125. The number of fused-ring (bicyclic) bond motifs is 1. The van der Waals surface area contributed by atoms with Crippen LogP contribution in [0.25, 0.3) is 10.9 Å². The number of nitrogens with one attached hydrogen (secondary N) is 1. The molecule has 0 radical (unpaired) electrons. The summed E-state index contributed by atoms with van der Waals surface area (Å²) in [5.74, 6) is -0.468. The number of benzene rings is 2. The first-order valence-corrected chi connectivity index (χ1v) is 9.65. The predicted octanol–water partition coefficient (Wildman–Crippen LogP) is 4.65. The quantitative estimate of drug-likeness (QED) is 0.562. The van der Waals surface area contributed by atoms with Crippen molar-refractivity contribution in [2.45, 2.75) is 11.8 Å². The van der Waals surface area contributed by atoms with Crippen molar-refractivity contribution in [1.29, 1.82) is 0 Å². The van der Waals surface area contributed by atoms with Gasteiger partial charge in [0.2, 0.25) is 5.88 Å². The molecule has 136 valence electrons. The zero-order valence-corrected chi connectivity index (χ0v) is 15.8. The van der Waals surface area contributed by atoms with E-state index in [-0.39, 0.29) is 16.0 Å². The highest BCUT2D eigenvalue weighted by Gasteiger charge is 2.17. The lowest BCUT2D eigenvalue weighted by Crippen LogP contribution is -1.96. The number of aromatic nitrogens is 1. The van der Waals surface area contributed by atoms with Crippen LogP contribution in [0, 0.1) is 5.82 Å². The minimum absolute atomic E-state index is 0.0867. The van der Waals surface area contributed by atoms with Gasteiger partial charge < -0.3 is 14.8 Å². The van der Waals surface area contributed by atoms with E-state index in [4.69, 9.17) is 4.74 Å². The van der Waals surface area contributed by atoms with Crippen LogP contribution >= 0.6 is 15.9 Å². The number of hydrogen-bond donors (Lipinski definition) is 2. The van der Waals surface area contributed by atoms with Crippen LogP contribution in [0.15, 0.2) is 55.4 Å². The molecule has 0 saturated carbocycles. The average Bonchev–Trinajstić information content (AvgIpc) is 2.90. The average molecular weight is 442 g/mol. The van der Waals surface area contributed by atoms with Gasteiger partial charge in [0.1, 0.15) is 11.6 Å². The number of ether oxygens (including phenoxy) is 1. The Kier molecular flexibility index (Phi) is 4.97. The lowest BCUT2D eigenvalue weighted by molar-refractivity contribution is 0.340. The van der Waals surface area contributed by atoms with E-state index in [1.165, 1.54) is 30.3 Å². The number of halogens is 2. The van der Waals surface area contributed by atoms with Gasteiger partial charge in [0, 0.05) is 9.86 Å². The number of nitrogens with zero attached hydrogens (tertiary/aromatic N) is 2. The molecule has 0 aliphatic rings. The van der Waals surface area contributed by atoms with E-state index >= 15 is 0 Å². The van der Waals surface area contributed by atoms with Gasteiger partial charge >= 0.3 is 0 Å². The van der Waals surface area contributed by atoms with Crippen LogP contribution in [0.2, 0.25) is 0 Å². The Hall–Kier alpha value is -2.46. The van der Waals surface area contributed by atoms with Gasteiger partial charge in [-0.2, -0.15) is 8.42 Å². The highest BCUT2D eigenvalue weighted by Crippen LogP contribution is 2.39. The van der Waals surface area contributed by atoms with Crippen molar-refractivity contribution in [3.8, 4) is 11.6 Å². The summed E-state index contributed by atoms with van der Waals surface area (Å²) >= 11 is 3.16. The highest BCUT2D eigenvalue weighted by atomic mass is 79.9. The Balaban J connectivity index is 1.98. The molecule has 0 unspecified atom stereocenters. The molecule has 0 amide bonds. The Bertz CT molecular complexity index is 1090. The van der Waals surface area contributed by atoms with Crippen LogP contribution in [0.3, 0.4) is 0 Å². The van der Waals surface area contributed by atoms with Gasteiger partial charge in [0.25, 0.3) is 10.0 Å². The van der Waals surface area contributed by atoms with Gasteiger partial charge in [-0.3, -0.25) is 0 Å². The third-order valence-corrected chi connectivity index (χ3v) is 5.25. The number of aromatic hydroxyl groups is 1. The van der Waals surface area contributed by atoms with Crippen molar-refractivity contribution < 1.29 is 22.7 Å². The molecule has 3 aromatic rings. The molecule has 0 saturated heterocycles. The van der Waals surface area contributed by atoms with Crippen molar-refractivity contribution in [2.24, 2.45) is 9.63 Å². The van der Waals surface area contributed by atoms with Crippen molar-refractivity contribution in [2.75, 3.05) is 6.61 Å². The molecule has 0 bridgehead atoms. The third kappa shape index (κ3) is 3.56. The van der Waals surface area contributed by atoms with Gasteiger partial charge in [-0.15, -0.1) is 5.11 Å². The summed E-state index contributed by atoms with van der Waals surface area (Å²) < 4.78 is 47.2. The zero-order valence-electron chi connectivity index (χ0n) is 13.4. The molecule has 2 aromatic carbocycles. The van der Waals surface area contributed by atoms with E-state index in [0.717, 1.165) is 6.07 Å². The summed E-state index contributed by atoms with van der Waals surface area (Å²) in [6, 6.07) is 8.00. The normalized spacial score (nSPS) is 12.1. The molecular formula is C16H13BrFN3O4S. The second-order valence-electron chi connectivity index (χ2n) is 5.19. The van der Waals surface area contributed by atoms with Crippen LogP contribution in [0.1, 0.15) is 6.92 Å². The summed E-state index contributed by atoms with van der Waals surface area (Å²) in [5.41, 5.74) is 0.200. The number of rotatable bonds is 5. The topological polar surface area (TPSA) is 104 Å². The summed E-state index contributed by atoms with van der Waals surface area (Å²) in [7, 11) is -4.10. The smallest absolute Gasteiger partial charge is 0.299 e. The SMILES string of the molecule is CCOc1ccc(S(=O)(=O)N=Nc2c(O)[nH]c3c(Br)cc(F)cc23)cc1. The van der Waals surface area contributed by atoms with Gasteiger partial charge in [0.05, 0.1) is 17.0 Å². The standard InChI is InChI=1S/C16H13BrFN3O4S/c1-2-25-10-3-5-11(6-4-10)26(23,24)21-20-15-12-7-9(18)8-13(17)14(12)19-16(15)22/h3-8,19,22H,2H2,1H3. The molecule has 26 heavy (non-hydrogen) atoms. The van der Waals surface area contributed by atoms with Crippen LogP contribution in [-0.4, -0.2) is 25.1 Å². The zero-order chi connectivity index (χ0) is 18.9. The maximum atomic E-state index is 13.6. The minimum Gasteiger partial charge on any atom is -0.494 e. The van der Waals surface area contributed by atoms with Crippen molar-refractivity contribution in [3.05, 3.63) is 46.7 Å². The maximum Gasteiger partial charge on any atom is 0.299 e. The third-order valence-electron chi connectivity index (χ3n) is 3.46. The molecule has 0 fully saturated rings. The van der Waals surface area contributed by atoms with Crippen molar-refractivity contribution >= 4 is 42.5 Å². The van der Waals surface area contributed by atoms with E-state index in [2.05, 4.69) is 30.5 Å². The molecule has 7 nitrogen and oxygen atoms in total. The fourth-order valence-electron chi connectivity index (χ4n) is 2.31. The molecule has 3 rings (SSSR count). The van der Waals surface area contributed by atoms with Crippen molar-refractivity contribution in [1.82, 2.24) is 4.98 Å². The molecule has 0 aliphatic heterocycles. The first-order valence-electron chi connectivity index (χ1n) is 7.42. The monoisotopic (exact) mass is 441 g/mol. The van der Waals surface area contributed by atoms with Crippen molar-refractivity contribution in [3.63, 3.8) is 0 Å². The Morgan fingerprint density at radius 3 is 2.62 bits per heavy atom. The Labute approximate surface area is 156 Å².